The molecule has 8 nitrogen and oxygen atoms in total. The van der Waals surface area contributed by atoms with Gasteiger partial charge in [-0.05, 0) is 69.4 Å². The highest BCUT2D eigenvalue weighted by atomic mass is 16.6. The van der Waals surface area contributed by atoms with E-state index in [4.69, 9.17) is 14.2 Å². The topological polar surface area (TPSA) is 97.3 Å². The molecule has 1 fully saturated rings. The third-order valence-corrected chi connectivity index (χ3v) is 6.18. The van der Waals surface area contributed by atoms with E-state index in [1.807, 2.05) is 18.2 Å². The lowest BCUT2D eigenvalue weighted by molar-refractivity contribution is 0.0458. The van der Waals surface area contributed by atoms with Crippen LogP contribution in [0, 0.1) is 5.41 Å². The molecule has 3 rings (SSSR count). The second-order valence-corrected chi connectivity index (χ2v) is 11.3. The van der Waals surface area contributed by atoms with E-state index in [0.29, 0.717) is 22.6 Å². The van der Waals surface area contributed by atoms with Crippen molar-refractivity contribution in [2.45, 2.75) is 59.1 Å². The van der Waals surface area contributed by atoms with Crippen LogP contribution in [0.5, 0.6) is 11.5 Å². The molecule has 1 amide bonds. The molecule has 1 aliphatic heterocycles. The van der Waals surface area contributed by atoms with Crippen molar-refractivity contribution in [3.63, 3.8) is 0 Å². The second-order valence-electron chi connectivity index (χ2n) is 11.3. The van der Waals surface area contributed by atoms with Crippen LogP contribution in [0.15, 0.2) is 42.5 Å². The van der Waals surface area contributed by atoms with Gasteiger partial charge in [-0.15, -0.1) is 0 Å². The van der Waals surface area contributed by atoms with E-state index in [1.165, 1.54) is 6.42 Å². The summed E-state index contributed by atoms with van der Waals surface area (Å²) in [6, 6.07) is 11.9. The normalized spacial score (nSPS) is 16.0. The number of ketones is 1. The van der Waals surface area contributed by atoms with Gasteiger partial charge in [-0.3, -0.25) is 4.79 Å². The van der Waals surface area contributed by atoms with Crippen molar-refractivity contribution in [2.24, 2.45) is 5.41 Å². The summed E-state index contributed by atoms with van der Waals surface area (Å²) in [6.45, 7) is 11.4. The number of carbonyl (C=O) groups is 2. The van der Waals surface area contributed by atoms with E-state index >= 15 is 0 Å². The van der Waals surface area contributed by atoms with Crippen LogP contribution in [0.4, 0.5) is 10.5 Å². The Morgan fingerprint density at radius 2 is 1.92 bits per heavy atom. The Kier molecular flexibility index (Phi) is 9.07. The zero-order valence-electron chi connectivity index (χ0n) is 22.8. The minimum atomic E-state index is -0.667. The fraction of sp³-hybridized carbons (Fsp3) is 0.517. The van der Waals surface area contributed by atoms with Crippen molar-refractivity contribution >= 4 is 17.6 Å². The van der Waals surface area contributed by atoms with Crippen LogP contribution < -0.4 is 19.7 Å². The number of anilines is 1. The smallest absolute Gasteiger partial charge is 0.408 e. The number of piperidine rings is 1. The summed E-state index contributed by atoms with van der Waals surface area (Å²) < 4.78 is 16.5. The van der Waals surface area contributed by atoms with E-state index in [0.717, 1.165) is 25.2 Å². The molecule has 2 N–H and O–H groups in total. The monoisotopic (exact) mass is 512 g/mol. The van der Waals surface area contributed by atoms with Crippen molar-refractivity contribution in [1.29, 1.82) is 0 Å². The Balaban J connectivity index is 1.74. The average Bonchev–Trinajstić information content (AvgIpc) is 2.84. The first-order valence-electron chi connectivity index (χ1n) is 12.7. The van der Waals surface area contributed by atoms with Crippen LogP contribution in [0.25, 0.3) is 0 Å². The maximum absolute atomic E-state index is 13.5. The Hall–Kier alpha value is -3.26. The minimum Gasteiger partial charge on any atom is -0.496 e. The lowest BCUT2D eigenvalue weighted by Crippen LogP contribution is -2.44. The molecule has 0 aromatic heterocycles. The van der Waals surface area contributed by atoms with Crippen molar-refractivity contribution in [2.75, 3.05) is 38.3 Å². The van der Waals surface area contributed by atoms with E-state index in [2.05, 4.69) is 24.1 Å². The highest BCUT2D eigenvalue weighted by Gasteiger charge is 2.27. The number of hydrogen-bond acceptors (Lipinski definition) is 7. The number of methoxy groups -OCH3 is 1. The van der Waals surface area contributed by atoms with Crippen LogP contribution in [0.1, 0.15) is 63.4 Å². The fourth-order valence-corrected chi connectivity index (χ4v) is 4.41. The molecule has 0 radical (unpaired) electrons. The molecule has 1 aliphatic rings. The molecule has 0 bridgehead atoms. The number of aliphatic hydroxyl groups excluding tert-OH is 1. The molecule has 2 aromatic rings. The van der Waals surface area contributed by atoms with Crippen LogP contribution in [0.3, 0.4) is 0 Å². The van der Waals surface area contributed by atoms with Gasteiger partial charge in [0.1, 0.15) is 23.7 Å². The molecular formula is C29H40N2O6. The number of hydrogen-bond donors (Lipinski definition) is 2. The number of nitrogens with one attached hydrogen (secondary N) is 1. The summed E-state index contributed by atoms with van der Waals surface area (Å²) in [7, 11) is 1.56. The van der Waals surface area contributed by atoms with Crippen molar-refractivity contribution in [3.05, 3.63) is 53.6 Å². The summed E-state index contributed by atoms with van der Waals surface area (Å²) in [5.41, 5.74) is 1.51. The first-order valence-corrected chi connectivity index (χ1v) is 12.7. The second kappa shape index (κ2) is 11.9. The van der Waals surface area contributed by atoms with Gasteiger partial charge in [-0.25, -0.2) is 4.79 Å². The highest BCUT2D eigenvalue weighted by Crippen LogP contribution is 2.34. The molecule has 37 heavy (non-hydrogen) atoms. The maximum Gasteiger partial charge on any atom is 0.408 e. The van der Waals surface area contributed by atoms with Crippen LogP contribution in [0.2, 0.25) is 0 Å². The van der Waals surface area contributed by atoms with E-state index in [1.54, 1.807) is 52.1 Å². The Morgan fingerprint density at radius 3 is 2.57 bits per heavy atom. The summed E-state index contributed by atoms with van der Waals surface area (Å²) in [5.74, 6) is 0.785. The molecule has 202 valence electrons. The largest absolute Gasteiger partial charge is 0.496 e. The molecule has 1 saturated heterocycles. The van der Waals surface area contributed by atoms with E-state index in [-0.39, 0.29) is 24.4 Å². The van der Waals surface area contributed by atoms with Gasteiger partial charge in [-0.2, -0.15) is 0 Å². The summed E-state index contributed by atoms with van der Waals surface area (Å²) in [6.07, 6.45) is 1.66. The van der Waals surface area contributed by atoms with Gasteiger partial charge in [0, 0.05) is 24.3 Å². The summed E-state index contributed by atoms with van der Waals surface area (Å²) in [4.78, 5) is 27.9. The molecule has 1 heterocycles. The number of ether oxygens (including phenoxy) is 3. The number of benzene rings is 2. The minimum absolute atomic E-state index is 0.0109. The third-order valence-electron chi connectivity index (χ3n) is 6.18. The zero-order valence-corrected chi connectivity index (χ0v) is 22.8. The lowest BCUT2D eigenvalue weighted by Gasteiger charge is -2.39. The van der Waals surface area contributed by atoms with Gasteiger partial charge >= 0.3 is 6.09 Å². The van der Waals surface area contributed by atoms with E-state index in [9.17, 15) is 14.7 Å². The highest BCUT2D eigenvalue weighted by molar-refractivity contribution is 6.11. The van der Waals surface area contributed by atoms with Gasteiger partial charge in [-0.1, -0.05) is 26.0 Å². The number of rotatable bonds is 9. The van der Waals surface area contributed by atoms with Crippen LogP contribution >= 0.6 is 0 Å². The predicted molar refractivity (Wildman–Crippen MR) is 144 cm³/mol. The van der Waals surface area contributed by atoms with Gasteiger partial charge in [0.2, 0.25) is 0 Å². The first kappa shape index (κ1) is 28.3. The van der Waals surface area contributed by atoms with E-state index < -0.39 is 17.7 Å². The summed E-state index contributed by atoms with van der Waals surface area (Å²) >= 11 is 0. The molecular weight excluding hydrogens is 472 g/mol. The molecule has 8 heteroatoms. The van der Waals surface area contributed by atoms with Gasteiger partial charge in [0.15, 0.2) is 5.78 Å². The maximum atomic E-state index is 13.5. The number of amides is 1. The Labute approximate surface area is 219 Å². The SMILES string of the molecule is COc1ccc(N2CCCC(C)(C)C2)cc1C(=O)c1cccc(OC[C@@H](CO)NC(=O)OC(C)(C)C)c1. The number of nitrogens with zero attached hydrogens (tertiary/aromatic N) is 1. The number of carbonyl (C=O) groups excluding carboxylic acids is 2. The standard InChI is InChI=1S/C29H40N2O6/c1-28(2,3)37-27(34)30-21(17-32)18-36-23-10-7-9-20(15-23)26(33)24-16-22(11-12-25(24)35-6)31-14-8-13-29(4,5)19-31/h7,9-12,15-16,21,32H,8,13-14,17-19H2,1-6H3,(H,30,34)/t21-/m1/s1. The van der Waals surface area contributed by atoms with Crippen molar-refractivity contribution < 1.29 is 28.9 Å². The average molecular weight is 513 g/mol. The molecule has 2 aromatic carbocycles. The van der Waals surface area contributed by atoms with Gasteiger partial charge in [0.05, 0.1) is 25.3 Å². The van der Waals surface area contributed by atoms with Crippen LogP contribution in [-0.2, 0) is 4.74 Å². The summed E-state index contributed by atoms with van der Waals surface area (Å²) in [5, 5.41) is 12.2. The third kappa shape index (κ3) is 8.12. The molecule has 1 atom stereocenters. The first-order chi connectivity index (χ1) is 17.4. The molecule has 0 aliphatic carbocycles. The van der Waals surface area contributed by atoms with Gasteiger partial charge < -0.3 is 29.5 Å². The Morgan fingerprint density at radius 1 is 1.16 bits per heavy atom. The van der Waals surface area contributed by atoms with Gasteiger partial charge in [0.25, 0.3) is 0 Å². The fourth-order valence-electron chi connectivity index (χ4n) is 4.41. The Bertz CT molecular complexity index is 1090. The molecule has 0 unspecified atom stereocenters. The number of aliphatic hydroxyl groups is 1. The molecule has 0 spiro atoms. The van der Waals surface area contributed by atoms with Crippen molar-refractivity contribution in [3.8, 4) is 11.5 Å². The molecule has 0 saturated carbocycles. The number of alkyl carbamates (subject to hydrolysis) is 1. The quantitative estimate of drug-likeness (QED) is 0.465. The predicted octanol–water partition coefficient (Wildman–Crippen LogP) is 4.82. The zero-order chi connectivity index (χ0) is 27.2. The lowest BCUT2D eigenvalue weighted by atomic mass is 9.84. The van der Waals surface area contributed by atoms with Crippen molar-refractivity contribution in [1.82, 2.24) is 5.32 Å². The van der Waals surface area contributed by atoms with Crippen LogP contribution in [-0.4, -0.2) is 62.0 Å².